The molecule has 0 unspecified atom stereocenters. The highest BCUT2D eigenvalue weighted by molar-refractivity contribution is 6.31. The van der Waals surface area contributed by atoms with E-state index in [4.69, 9.17) is 37.4 Å². The highest BCUT2D eigenvalue weighted by Crippen LogP contribution is 2.51. The summed E-state index contributed by atoms with van der Waals surface area (Å²) in [5.41, 5.74) is 0.769. The molecule has 3 aromatic carbocycles. The molecule has 160 valence electrons. The maximum absolute atomic E-state index is 13.4. The molecule has 3 aromatic rings. The molecule has 0 bridgehead atoms. The third-order valence-electron chi connectivity index (χ3n) is 5.28. The third-order valence-corrected chi connectivity index (χ3v) is 5.97. The fraction of sp³-hybridized carbons (Fsp3) is 0.240. The van der Waals surface area contributed by atoms with Gasteiger partial charge in [-0.05, 0) is 24.6 Å². The number of esters is 1. The molecule has 1 saturated heterocycles. The zero-order valence-electron chi connectivity index (χ0n) is 17.0. The van der Waals surface area contributed by atoms with Crippen LogP contribution in [0.5, 0.6) is 0 Å². The van der Waals surface area contributed by atoms with E-state index in [0.717, 1.165) is 5.56 Å². The molecule has 4 nitrogen and oxygen atoms in total. The summed E-state index contributed by atoms with van der Waals surface area (Å²) in [5, 5.41) is 0.974. The molecule has 3 atom stereocenters. The van der Waals surface area contributed by atoms with Crippen LogP contribution >= 0.6 is 23.2 Å². The molecule has 6 heteroatoms. The SMILES string of the molecule is CCOC(=O)[C@]1(Cc2ccccc2)O[C@H](c2ccccc2Cl)O[C@@H]1c1ccccc1Cl. The van der Waals surface area contributed by atoms with E-state index in [1.54, 1.807) is 19.1 Å². The first-order valence-electron chi connectivity index (χ1n) is 10.1. The first-order chi connectivity index (χ1) is 15.0. The molecule has 0 radical (unpaired) electrons. The van der Waals surface area contributed by atoms with Crippen LogP contribution < -0.4 is 0 Å². The number of hydrogen-bond donors (Lipinski definition) is 0. The summed E-state index contributed by atoms with van der Waals surface area (Å²) in [5.74, 6) is -0.502. The Morgan fingerprint density at radius 2 is 1.48 bits per heavy atom. The van der Waals surface area contributed by atoms with Gasteiger partial charge in [0, 0.05) is 27.6 Å². The van der Waals surface area contributed by atoms with Crippen LogP contribution in [-0.4, -0.2) is 18.2 Å². The summed E-state index contributed by atoms with van der Waals surface area (Å²) in [4.78, 5) is 13.4. The molecule has 0 aromatic heterocycles. The van der Waals surface area contributed by atoms with E-state index in [0.29, 0.717) is 21.2 Å². The third kappa shape index (κ3) is 4.35. The van der Waals surface area contributed by atoms with Crippen LogP contribution in [0.2, 0.25) is 10.0 Å². The second-order valence-electron chi connectivity index (χ2n) is 7.28. The van der Waals surface area contributed by atoms with E-state index >= 15 is 0 Å². The standard InChI is InChI=1S/C25H22Cl2O4/c1-2-29-24(28)25(16-17-10-4-3-5-11-17)22(18-12-6-8-14-20(18)26)30-23(31-25)19-13-7-9-15-21(19)27/h3-15,22-23H,2,16H2,1H3/t22-,23-,25-/m1/s1. The molecule has 1 heterocycles. The molecule has 1 fully saturated rings. The maximum atomic E-state index is 13.4. The van der Waals surface area contributed by atoms with Gasteiger partial charge >= 0.3 is 5.97 Å². The van der Waals surface area contributed by atoms with Crippen molar-refractivity contribution >= 4 is 29.2 Å². The molecular weight excluding hydrogens is 435 g/mol. The van der Waals surface area contributed by atoms with E-state index in [1.165, 1.54) is 0 Å². The van der Waals surface area contributed by atoms with E-state index in [2.05, 4.69) is 0 Å². The molecule has 1 aliphatic rings. The van der Waals surface area contributed by atoms with Crippen molar-refractivity contribution < 1.29 is 19.0 Å². The fourth-order valence-electron chi connectivity index (χ4n) is 3.84. The Labute approximate surface area is 191 Å². The van der Waals surface area contributed by atoms with Crippen LogP contribution in [0.25, 0.3) is 0 Å². The van der Waals surface area contributed by atoms with Gasteiger partial charge in [-0.1, -0.05) is 89.9 Å². The lowest BCUT2D eigenvalue weighted by molar-refractivity contribution is -0.173. The molecular formula is C25H22Cl2O4. The smallest absolute Gasteiger partial charge is 0.342 e. The number of rotatable bonds is 6. The molecule has 0 N–H and O–H groups in total. The molecule has 1 aliphatic heterocycles. The molecule has 31 heavy (non-hydrogen) atoms. The van der Waals surface area contributed by atoms with Crippen LogP contribution in [-0.2, 0) is 25.4 Å². The summed E-state index contributed by atoms with van der Waals surface area (Å²) < 4.78 is 18.3. The maximum Gasteiger partial charge on any atom is 0.342 e. The van der Waals surface area contributed by atoms with Gasteiger partial charge in [0.15, 0.2) is 6.29 Å². The van der Waals surface area contributed by atoms with Crippen LogP contribution in [0.3, 0.4) is 0 Å². The average Bonchev–Trinajstić information content (AvgIpc) is 3.15. The lowest BCUT2D eigenvalue weighted by Gasteiger charge is -2.31. The molecule has 0 aliphatic carbocycles. The topological polar surface area (TPSA) is 44.8 Å². The first-order valence-corrected chi connectivity index (χ1v) is 10.8. The Morgan fingerprint density at radius 1 is 0.903 bits per heavy atom. The van der Waals surface area contributed by atoms with Crippen molar-refractivity contribution in [1.29, 1.82) is 0 Å². The van der Waals surface area contributed by atoms with E-state index in [1.807, 2.05) is 66.7 Å². The summed E-state index contributed by atoms with van der Waals surface area (Å²) >= 11 is 12.9. The van der Waals surface area contributed by atoms with Crippen LogP contribution in [0.15, 0.2) is 78.9 Å². The van der Waals surface area contributed by atoms with Gasteiger partial charge < -0.3 is 14.2 Å². The zero-order valence-corrected chi connectivity index (χ0v) is 18.5. The zero-order chi connectivity index (χ0) is 21.8. The Balaban J connectivity index is 1.85. The van der Waals surface area contributed by atoms with E-state index < -0.39 is 24.0 Å². The number of ether oxygens (including phenoxy) is 3. The monoisotopic (exact) mass is 456 g/mol. The lowest BCUT2D eigenvalue weighted by atomic mass is 9.85. The Hall–Kier alpha value is -2.37. The molecule has 0 amide bonds. The van der Waals surface area contributed by atoms with Crippen molar-refractivity contribution in [1.82, 2.24) is 0 Å². The summed E-state index contributed by atoms with van der Waals surface area (Å²) in [6.45, 7) is 1.98. The minimum Gasteiger partial charge on any atom is -0.464 e. The molecule has 0 spiro atoms. The normalized spacial score (nSPS) is 22.9. The summed E-state index contributed by atoms with van der Waals surface area (Å²) in [6, 6.07) is 24.2. The number of hydrogen-bond acceptors (Lipinski definition) is 4. The van der Waals surface area contributed by atoms with Crippen molar-refractivity contribution in [2.24, 2.45) is 0 Å². The van der Waals surface area contributed by atoms with Gasteiger partial charge in [0.2, 0.25) is 5.60 Å². The van der Waals surface area contributed by atoms with Crippen molar-refractivity contribution in [2.75, 3.05) is 6.61 Å². The molecule has 4 rings (SSSR count). The summed E-state index contributed by atoms with van der Waals surface area (Å²) in [7, 11) is 0. The second-order valence-corrected chi connectivity index (χ2v) is 8.10. The van der Waals surface area contributed by atoms with Crippen LogP contribution in [0.1, 0.15) is 36.0 Å². The Morgan fingerprint density at radius 3 is 2.10 bits per heavy atom. The average molecular weight is 457 g/mol. The Bertz CT molecular complexity index is 1060. The highest BCUT2D eigenvalue weighted by atomic mass is 35.5. The van der Waals surface area contributed by atoms with Gasteiger partial charge in [0.05, 0.1) is 6.61 Å². The largest absolute Gasteiger partial charge is 0.464 e. The number of carbonyl (C=O) groups excluding carboxylic acids is 1. The quantitative estimate of drug-likeness (QED) is 0.406. The van der Waals surface area contributed by atoms with Crippen molar-refractivity contribution in [3.8, 4) is 0 Å². The predicted molar refractivity (Wildman–Crippen MR) is 120 cm³/mol. The van der Waals surface area contributed by atoms with Gasteiger partial charge in [-0.3, -0.25) is 0 Å². The Kier molecular flexibility index (Phi) is 6.63. The van der Waals surface area contributed by atoms with Gasteiger partial charge in [-0.25, -0.2) is 4.79 Å². The van der Waals surface area contributed by atoms with Crippen molar-refractivity contribution in [2.45, 2.75) is 31.3 Å². The summed E-state index contributed by atoms with van der Waals surface area (Å²) in [6.07, 6.45) is -1.39. The minimum atomic E-state index is -1.44. The van der Waals surface area contributed by atoms with Gasteiger partial charge in [-0.2, -0.15) is 0 Å². The number of carbonyl (C=O) groups is 1. The predicted octanol–water partition coefficient (Wildman–Crippen LogP) is 6.32. The van der Waals surface area contributed by atoms with Gasteiger partial charge in [0.1, 0.15) is 6.10 Å². The lowest BCUT2D eigenvalue weighted by Crippen LogP contribution is -2.46. The van der Waals surface area contributed by atoms with Crippen molar-refractivity contribution in [3.63, 3.8) is 0 Å². The highest BCUT2D eigenvalue weighted by Gasteiger charge is 2.58. The fourth-order valence-corrected chi connectivity index (χ4v) is 4.30. The van der Waals surface area contributed by atoms with Crippen LogP contribution in [0.4, 0.5) is 0 Å². The minimum absolute atomic E-state index is 0.213. The van der Waals surface area contributed by atoms with Crippen molar-refractivity contribution in [3.05, 3.63) is 106 Å². The number of halogens is 2. The number of benzene rings is 3. The van der Waals surface area contributed by atoms with E-state index in [-0.39, 0.29) is 13.0 Å². The van der Waals surface area contributed by atoms with Gasteiger partial charge in [0.25, 0.3) is 0 Å². The van der Waals surface area contributed by atoms with Gasteiger partial charge in [-0.15, -0.1) is 0 Å². The van der Waals surface area contributed by atoms with E-state index in [9.17, 15) is 4.79 Å². The first kappa shape index (κ1) is 21.8. The van der Waals surface area contributed by atoms with Crippen LogP contribution in [0, 0.1) is 0 Å². The molecule has 0 saturated carbocycles. The second kappa shape index (κ2) is 9.41.